The summed E-state index contributed by atoms with van der Waals surface area (Å²) in [7, 11) is 0. The van der Waals surface area contributed by atoms with Gasteiger partial charge in [-0.15, -0.1) is 0 Å². The molecule has 4 atom stereocenters. The number of carbonyl (C=O) groups is 1. The Morgan fingerprint density at radius 1 is 1.38 bits per heavy atom. The van der Waals surface area contributed by atoms with Crippen molar-refractivity contribution in [3.8, 4) is 0 Å². The van der Waals surface area contributed by atoms with Crippen molar-refractivity contribution in [3.05, 3.63) is 11.6 Å². The summed E-state index contributed by atoms with van der Waals surface area (Å²) >= 11 is 0. The van der Waals surface area contributed by atoms with Gasteiger partial charge in [-0.2, -0.15) is 0 Å². The van der Waals surface area contributed by atoms with Crippen molar-refractivity contribution in [1.82, 2.24) is 0 Å². The van der Waals surface area contributed by atoms with Crippen LogP contribution in [0, 0.1) is 28.6 Å². The molecule has 0 aromatic carbocycles. The van der Waals surface area contributed by atoms with Crippen molar-refractivity contribution in [3.63, 3.8) is 0 Å². The van der Waals surface area contributed by atoms with Crippen molar-refractivity contribution in [2.45, 2.75) is 47.0 Å². The summed E-state index contributed by atoms with van der Waals surface area (Å²) in [6, 6.07) is 0. The zero-order chi connectivity index (χ0) is 11.7. The molecule has 3 aliphatic rings. The fraction of sp³-hybridized carbons (Fsp3) is 0.800. The molecule has 0 N–H and O–H groups in total. The van der Waals surface area contributed by atoms with Crippen molar-refractivity contribution >= 4 is 5.78 Å². The largest absolute Gasteiger partial charge is 0.295 e. The number of carbonyl (C=O) groups excluding carboxylic acids is 1. The molecule has 0 unspecified atom stereocenters. The topological polar surface area (TPSA) is 17.1 Å². The van der Waals surface area contributed by atoms with E-state index in [0.717, 1.165) is 6.42 Å². The van der Waals surface area contributed by atoms with Crippen LogP contribution in [0.25, 0.3) is 0 Å². The van der Waals surface area contributed by atoms with Gasteiger partial charge in [0.25, 0.3) is 0 Å². The van der Waals surface area contributed by atoms with Crippen LogP contribution in [0.2, 0.25) is 0 Å². The summed E-state index contributed by atoms with van der Waals surface area (Å²) in [4.78, 5) is 12.1. The van der Waals surface area contributed by atoms with Crippen LogP contribution in [0.15, 0.2) is 11.6 Å². The lowest BCUT2D eigenvalue weighted by Crippen LogP contribution is -2.35. The molecule has 1 heteroatoms. The standard InChI is InChI=1S/C15H22O/c1-9(2)15-6-5-14(4)11(8-15)12(16)7-10(3)13(14)15/h7,9,11,13H,5-6,8H2,1-4H3/t11-,13-,14-,15+/m0/s1. The van der Waals surface area contributed by atoms with Crippen LogP contribution in [0.5, 0.6) is 0 Å². The van der Waals surface area contributed by atoms with E-state index in [1.807, 2.05) is 6.08 Å². The van der Waals surface area contributed by atoms with E-state index < -0.39 is 0 Å². The van der Waals surface area contributed by atoms with E-state index in [0.29, 0.717) is 34.4 Å². The summed E-state index contributed by atoms with van der Waals surface area (Å²) in [6.45, 7) is 9.26. The molecule has 0 radical (unpaired) electrons. The molecule has 0 amide bonds. The highest BCUT2D eigenvalue weighted by molar-refractivity contribution is 5.95. The molecule has 0 aromatic heterocycles. The van der Waals surface area contributed by atoms with Gasteiger partial charge in [-0.05, 0) is 54.9 Å². The molecule has 1 nitrogen and oxygen atoms in total. The number of allylic oxidation sites excluding steroid dienone is 2. The molecule has 0 aliphatic heterocycles. The molecule has 88 valence electrons. The van der Waals surface area contributed by atoms with Crippen molar-refractivity contribution in [2.24, 2.45) is 28.6 Å². The Kier molecular flexibility index (Phi) is 1.85. The van der Waals surface area contributed by atoms with Gasteiger partial charge in [-0.25, -0.2) is 0 Å². The third-order valence-electron chi connectivity index (χ3n) is 6.06. The van der Waals surface area contributed by atoms with Crippen molar-refractivity contribution in [2.75, 3.05) is 0 Å². The monoisotopic (exact) mass is 218 g/mol. The van der Waals surface area contributed by atoms with Gasteiger partial charge in [0.15, 0.2) is 5.78 Å². The van der Waals surface area contributed by atoms with E-state index in [1.54, 1.807) is 0 Å². The van der Waals surface area contributed by atoms with Crippen molar-refractivity contribution < 1.29 is 4.79 Å². The highest BCUT2D eigenvalue weighted by Crippen LogP contribution is 2.73. The maximum absolute atomic E-state index is 12.1. The summed E-state index contributed by atoms with van der Waals surface area (Å²) < 4.78 is 0. The fourth-order valence-electron chi connectivity index (χ4n) is 5.32. The van der Waals surface area contributed by atoms with Gasteiger partial charge in [0.2, 0.25) is 0 Å². The summed E-state index contributed by atoms with van der Waals surface area (Å²) in [5, 5.41) is 0. The molecule has 3 aliphatic carbocycles. The maximum atomic E-state index is 12.1. The van der Waals surface area contributed by atoms with Gasteiger partial charge < -0.3 is 0 Å². The fourth-order valence-corrected chi connectivity index (χ4v) is 5.32. The first-order valence-electron chi connectivity index (χ1n) is 6.64. The minimum absolute atomic E-state index is 0.292. The molecular formula is C15H22O. The van der Waals surface area contributed by atoms with E-state index in [2.05, 4.69) is 27.7 Å². The number of hydrogen-bond donors (Lipinski definition) is 0. The first kappa shape index (κ1) is 10.6. The highest BCUT2D eigenvalue weighted by Gasteiger charge is 2.68. The zero-order valence-electron chi connectivity index (χ0n) is 10.8. The van der Waals surface area contributed by atoms with Crippen LogP contribution in [0.1, 0.15) is 47.0 Å². The molecule has 0 heterocycles. The Morgan fingerprint density at radius 2 is 2.06 bits per heavy atom. The Bertz CT molecular complexity index is 392. The Labute approximate surface area is 98.3 Å². The molecule has 0 aromatic rings. The van der Waals surface area contributed by atoms with Crippen LogP contribution in [-0.4, -0.2) is 5.78 Å². The normalized spacial score (nSPS) is 50.1. The summed E-state index contributed by atoms with van der Waals surface area (Å²) in [6.07, 6.45) is 5.70. The van der Waals surface area contributed by atoms with E-state index >= 15 is 0 Å². The van der Waals surface area contributed by atoms with E-state index in [-0.39, 0.29) is 0 Å². The molecule has 16 heavy (non-hydrogen) atoms. The number of hydrogen-bond acceptors (Lipinski definition) is 1. The van der Waals surface area contributed by atoms with Crippen LogP contribution in [0.4, 0.5) is 0 Å². The van der Waals surface area contributed by atoms with E-state index in [9.17, 15) is 4.79 Å². The van der Waals surface area contributed by atoms with E-state index in [4.69, 9.17) is 0 Å². The van der Waals surface area contributed by atoms with Gasteiger partial charge in [0.05, 0.1) is 0 Å². The molecule has 2 fully saturated rings. The predicted octanol–water partition coefficient (Wildman–Crippen LogP) is 3.59. The third-order valence-corrected chi connectivity index (χ3v) is 6.06. The van der Waals surface area contributed by atoms with E-state index in [1.165, 1.54) is 18.4 Å². The molecule has 3 rings (SSSR count). The van der Waals surface area contributed by atoms with Gasteiger partial charge in [0.1, 0.15) is 0 Å². The minimum Gasteiger partial charge on any atom is -0.295 e. The minimum atomic E-state index is 0.292. The van der Waals surface area contributed by atoms with Gasteiger partial charge in [0, 0.05) is 5.92 Å². The Hall–Kier alpha value is -0.590. The molecule has 0 spiro atoms. The highest BCUT2D eigenvalue weighted by atomic mass is 16.1. The van der Waals surface area contributed by atoms with Crippen molar-refractivity contribution in [1.29, 1.82) is 0 Å². The van der Waals surface area contributed by atoms with Crippen LogP contribution in [-0.2, 0) is 4.79 Å². The van der Waals surface area contributed by atoms with Gasteiger partial charge >= 0.3 is 0 Å². The summed E-state index contributed by atoms with van der Waals surface area (Å²) in [5.74, 6) is 2.14. The maximum Gasteiger partial charge on any atom is 0.159 e. The second kappa shape index (κ2) is 2.80. The molecular weight excluding hydrogens is 196 g/mol. The second-order valence-electron chi connectivity index (χ2n) is 6.87. The van der Waals surface area contributed by atoms with Gasteiger partial charge in [-0.1, -0.05) is 26.3 Å². The lowest BCUT2D eigenvalue weighted by molar-refractivity contribution is -0.122. The average molecular weight is 218 g/mol. The van der Waals surface area contributed by atoms with Crippen LogP contribution < -0.4 is 0 Å². The zero-order valence-corrected chi connectivity index (χ0v) is 10.8. The third kappa shape index (κ3) is 0.919. The molecule has 2 saturated carbocycles. The molecule has 0 saturated heterocycles. The summed E-state index contributed by atoms with van der Waals surface area (Å²) in [5.41, 5.74) is 2.10. The van der Waals surface area contributed by atoms with Crippen LogP contribution in [0.3, 0.4) is 0 Å². The van der Waals surface area contributed by atoms with Gasteiger partial charge in [-0.3, -0.25) is 4.79 Å². The second-order valence-corrected chi connectivity index (χ2v) is 6.87. The average Bonchev–Trinajstić information content (AvgIpc) is 2.59. The lowest BCUT2D eigenvalue weighted by Gasteiger charge is -2.38. The smallest absolute Gasteiger partial charge is 0.159 e. The lowest BCUT2D eigenvalue weighted by atomic mass is 9.65. The first-order chi connectivity index (χ1) is 7.42. The first-order valence-corrected chi connectivity index (χ1v) is 6.64. The Balaban J connectivity index is 2.18. The molecule has 4 bridgehead atoms. The quantitative estimate of drug-likeness (QED) is 0.657. The predicted molar refractivity (Wildman–Crippen MR) is 65.0 cm³/mol. The SMILES string of the molecule is CC1=CC(=O)[C@@H]2C[C@@]3(C(C)C)CC[C@]2(C)[C@H]13. The number of rotatable bonds is 1. The Morgan fingerprint density at radius 3 is 2.69 bits per heavy atom. The number of ketones is 1. The van der Waals surface area contributed by atoms with Crippen LogP contribution >= 0.6 is 0 Å².